The molecule has 0 bridgehead atoms. The minimum atomic E-state index is -0.151. The second-order valence-corrected chi connectivity index (χ2v) is 11.6. The highest BCUT2D eigenvalue weighted by molar-refractivity contribution is 7.22. The number of hydrogen-bond acceptors (Lipinski definition) is 4. The van der Waals surface area contributed by atoms with Gasteiger partial charge in [0.2, 0.25) is 5.91 Å². The SMILES string of the molecule is C=Cc1cccc([C@H](C)NC(=O)c2c[nH]c3ccc(-c4ccc5nc(NC(=O)C6CCCCC6)sc5c4)cc23)c1. The molecule has 0 saturated heterocycles. The number of carbonyl (C=O) groups excluding carboxylic acids is 2. The molecule has 1 fully saturated rings. The summed E-state index contributed by atoms with van der Waals surface area (Å²) in [4.78, 5) is 33.9. The number of aromatic nitrogens is 2. The number of carbonyl (C=O) groups is 2. The molecule has 3 N–H and O–H groups in total. The van der Waals surface area contributed by atoms with Crippen molar-refractivity contribution in [1.29, 1.82) is 0 Å². The Balaban J connectivity index is 1.22. The lowest BCUT2D eigenvalue weighted by Gasteiger charge is -2.19. The van der Waals surface area contributed by atoms with Gasteiger partial charge in [-0.15, -0.1) is 0 Å². The van der Waals surface area contributed by atoms with E-state index in [2.05, 4.69) is 45.4 Å². The lowest BCUT2D eigenvalue weighted by Crippen LogP contribution is -2.26. The zero-order valence-electron chi connectivity index (χ0n) is 22.5. The van der Waals surface area contributed by atoms with Crippen LogP contribution in [-0.2, 0) is 4.79 Å². The first-order valence-corrected chi connectivity index (χ1v) is 14.7. The van der Waals surface area contributed by atoms with E-state index in [1.807, 2.05) is 49.4 Å². The number of benzene rings is 3. The van der Waals surface area contributed by atoms with Gasteiger partial charge in [0.15, 0.2) is 5.13 Å². The highest BCUT2D eigenvalue weighted by Crippen LogP contribution is 2.33. The van der Waals surface area contributed by atoms with Crippen LogP contribution in [0.25, 0.3) is 38.3 Å². The molecule has 1 saturated carbocycles. The van der Waals surface area contributed by atoms with Crippen LogP contribution in [0.1, 0.15) is 66.6 Å². The van der Waals surface area contributed by atoms with Crippen LogP contribution in [0.5, 0.6) is 0 Å². The Kier molecular flexibility index (Phi) is 7.22. The molecule has 2 aromatic heterocycles. The number of aromatic amines is 1. The first kappa shape index (κ1) is 26.0. The molecule has 6 nitrogen and oxygen atoms in total. The largest absolute Gasteiger partial charge is 0.360 e. The van der Waals surface area contributed by atoms with Crippen molar-refractivity contribution in [1.82, 2.24) is 15.3 Å². The molecule has 0 unspecified atom stereocenters. The van der Waals surface area contributed by atoms with Gasteiger partial charge in [-0.25, -0.2) is 4.98 Å². The van der Waals surface area contributed by atoms with Gasteiger partial charge in [0.1, 0.15) is 0 Å². The summed E-state index contributed by atoms with van der Waals surface area (Å²) in [7, 11) is 0. The predicted molar refractivity (Wildman–Crippen MR) is 165 cm³/mol. The normalized spacial score (nSPS) is 14.7. The van der Waals surface area contributed by atoms with Gasteiger partial charge in [0, 0.05) is 23.0 Å². The smallest absolute Gasteiger partial charge is 0.253 e. The first-order valence-electron chi connectivity index (χ1n) is 13.8. The Morgan fingerprint density at radius 1 is 1.05 bits per heavy atom. The maximum atomic E-state index is 13.3. The highest BCUT2D eigenvalue weighted by Gasteiger charge is 2.22. The fourth-order valence-electron chi connectivity index (χ4n) is 5.53. The molecule has 6 rings (SSSR count). The molecule has 2 amide bonds. The number of amides is 2. The topological polar surface area (TPSA) is 86.9 Å². The van der Waals surface area contributed by atoms with Crippen LogP contribution in [0.4, 0.5) is 5.13 Å². The predicted octanol–water partition coefficient (Wildman–Crippen LogP) is 8.10. The number of nitrogens with zero attached hydrogens (tertiary/aromatic N) is 1. The molecule has 0 aliphatic heterocycles. The highest BCUT2D eigenvalue weighted by atomic mass is 32.1. The second kappa shape index (κ2) is 11.1. The van der Waals surface area contributed by atoms with Crippen molar-refractivity contribution in [3.05, 3.63) is 90.1 Å². The van der Waals surface area contributed by atoms with Crippen LogP contribution in [0.2, 0.25) is 0 Å². The van der Waals surface area contributed by atoms with Crippen LogP contribution in [0, 0.1) is 5.92 Å². The Hall–Kier alpha value is -4.23. The van der Waals surface area contributed by atoms with E-state index in [4.69, 9.17) is 0 Å². The van der Waals surface area contributed by atoms with E-state index < -0.39 is 0 Å². The molecule has 7 heteroatoms. The molecule has 1 aliphatic rings. The molecule has 2 heterocycles. The van der Waals surface area contributed by atoms with Crippen LogP contribution in [0.15, 0.2) is 73.4 Å². The minimum Gasteiger partial charge on any atom is -0.360 e. The maximum Gasteiger partial charge on any atom is 0.253 e. The van der Waals surface area contributed by atoms with Gasteiger partial charge < -0.3 is 15.6 Å². The third-order valence-electron chi connectivity index (χ3n) is 7.85. The number of rotatable bonds is 7. The Labute approximate surface area is 237 Å². The average molecular weight is 549 g/mol. The Bertz CT molecular complexity index is 1730. The number of hydrogen-bond donors (Lipinski definition) is 3. The van der Waals surface area contributed by atoms with E-state index in [1.165, 1.54) is 17.8 Å². The van der Waals surface area contributed by atoms with Crippen LogP contribution >= 0.6 is 11.3 Å². The minimum absolute atomic E-state index is 0.0884. The van der Waals surface area contributed by atoms with Gasteiger partial charge in [-0.1, -0.05) is 73.6 Å². The van der Waals surface area contributed by atoms with Gasteiger partial charge in [-0.2, -0.15) is 0 Å². The first-order chi connectivity index (χ1) is 19.5. The zero-order chi connectivity index (χ0) is 27.6. The number of thiazole rings is 1. The van der Waals surface area contributed by atoms with E-state index in [0.29, 0.717) is 10.7 Å². The molecule has 0 radical (unpaired) electrons. The van der Waals surface area contributed by atoms with Crippen molar-refractivity contribution in [3.63, 3.8) is 0 Å². The molecule has 3 aromatic carbocycles. The van der Waals surface area contributed by atoms with E-state index in [-0.39, 0.29) is 23.8 Å². The molecular formula is C33H32N4O2S. The van der Waals surface area contributed by atoms with E-state index in [1.54, 1.807) is 12.3 Å². The van der Waals surface area contributed by atoms with Gasteiger partial charge >= 0.3 is 0 Å². The Morgan fingerprint density at radius 3 is 2.67 bits per heavy atom. The summed E-state index contributed by atoms with van der Waals surface area (Å²) in [6, 6.07) is 20.1. The summed E-state index contributed by atoms with van der Waals surface area (Å²) in [6.07, 6.45) is 8.96. The molecule has 1 aliphatic carbocycles. The van der Waals surface area contributed by atoms with Crippen molar-refractivity contribution in [3.8, 4) is 11.1 Å². The van der Waals surface area contributed by atoms with Crippen molar-refractivity contribution in [2.24, 2.45) is 5.92 Å². The van der Waals surface area contributed by atoms with Crippen molar-refractivity contribution < 1.29 is 9.59 Å². The number of fused-ring (bicyclic) bond motifs is 2. The van der Waals surface area contributed by atoms with Crippen LogP contribution in [0.3, 0.4) is 0 Å². The lowest BCUT2D eigenvalue weighted by atomic mass is 9.89. The molecule has 40 heavy (non-hydrogen) atoms. The number of nitrogens with one attached hydrogen (secondary N) is 3. The Morgan fingerprint density at radius 2 is 1.85 bits per heavy atom. The molecular weight excluding hydrogens is 516 g/mol. The van der Waals surface area contributed by atoms with Gasteiger partial charge in [0.25, 0.3) is 5.91 Å². The quantitative estimate of drug-likeness (QED) is 0.192. The fraction of sp³-hybridized carbons (Fsp3) is 0.242. The summed E-state index contributed by atoms with van der Waals surface area (Å²) in [5.74, 6) is 0.0534. The van der Waals surface area contributed by atoms with Gasteiger partial charge in [-0.05, 0) is 72.4 Å². The standard InChI is InChI=1S/C33H32N4O2S/c1-3-21-8-7-11-23(16-21)20(2)35-32(39)27-19-34-28-14-12-24(17-26(27)28)25-13-15-29-30(18-25)40-33(36-29)37-31(38)22-9-5-4-6-10-22/h3,7-8,11-20,22,34H,1,4-6,9-10H2,2H3,(H,35,39)(H,36,37,38)/t20-/m0/s1. The molecule has 5 aromatic rings. The van der Waals surface area contributed by atoms with E-state index in [0.717, 1.165) is 69.1 Å². The lowest BCUT2D eigenvalue weighted by molar-refractivity contribution is -0.120. The summed E-state index contributed by atoms with van der Waals surface area (Å²) < 4.78 is 1.01. The molecule has 0 spiro atoms. The van der Waals surface area contributed by atoms with Crippen molar-refractivity contribution in [2.75, 3.05) is 5.32 Å². The maximum absolute atomic E-state index is 13.3. The summed E-state index contributed by atoms with van der Waals surface area (Å²) >= 11 is 1.50. The van der Waals surface area contributed by atoms with E-state index in [9.17, 15) is 9.59 Å². The van der Waals surface area contributed by atoms with Crippen molar-refractivity contribution in [2.45, 2.75) is 45.1 Å². The third kappa shape index (κ3) is 5.29. The zero-order valence-corrected chi connectivity index (χ0v) is 23.3. The van der Waals surface area contributed by atoms with E-state index >= 15 is 0 Å². The van der Waals surface area contributed by atoms with Crippen LogP contribution < -0.4 is 10.6 Å². The summed E-state index contributed by atoms with van der Waals surface area (Å²) in [5, 5.41) is 7.70. The third-order valence-corrected chi connectivity index (χ3v) is 8.78. The van der Waals surface area contributed by atoms with Gasteiger partial charge in [-0.3, -0.25) is 9.59 Å². The monoisotopic (exact) mass is 548 g/mol. The second-order valence-electron chi connectivity index (χ2n) is 10.6. The van der Waals surface area contributed by atoms with Crippen molar-refractivity contribution >= 4 is 55.5 Å². The molecule has 202 valence electrons. The van der Waals surface area contributed by atoms with Crippen LogP contribution in [-0.4, -0.2) is 21.8 Å². The summed E-state index contributed by atoms with van der Waals surface area (Å²) in [6.45, 7) is 5.82. The molecule has 1 atom stereocenters. The number of anilines is 1. The average Bonchev–Trinajstić information content (AvgIpc) is 3.60. The fourth-order valence-corrected chi connectivity index (χ4v) is 6.44. The number of H-pyrrole nitrogens is 1. The van der Waals surface area contributed by atoms with Gasteiger partial charge in [0.05, 0.1) is 21.8 Å². The summed E-state index contributed by atoms with van der Waals surface area (Å²) in [5.41, 5.74) is 6.47.